The van der Waals surface area contributed by atoms with Crippen molar-refractivity contribution in [1.29, 1.82) is 5.41 Å². The highest BCUT2D eigenvalue weighted by molar-refractivity contribution is 5.87. The molecule has 0 spiro atoms. The van der Waals surface area contributed by atoms with Gasteiger partial charge >= 0.3 is 6.01 Å². The standard InChI is InChI=1S/C10H9N5O3.ClH/c11-9(12)14-10-13-8(5-18-10)6-2-1-3-7(4-6)15(16)17;/h1-5H,(H4,11,12,13,14);1H. The number of benzene rings is 1. The molecule has 0 unspecified atom stereocenters. The Balaban J connectivity index is 0.00000180. The molecule has 0 fully saturated rings. The predicted molar refractivity (Wildman–Crippen MR) is 71.4 cm³/mol. The molecule has 0 atom stereocenters. The molecular weight excluding hydrogens is 274 g/mol. The van der Waals surface area contributed by atoms with Crippen molar-refractivity contribution < 1.29 is 9.34 Å². The summed E-state index contributed by atoms with van der Waals surface area (Å²) in [6, 6.07) is 6.06. The Morgan fingerprint density at radius 2 is 2.26 bits per heavy atom. The zero-order valence-electron chi connectivity index (χ0n) is 9.49. The highest BCUT2D eigenvalue weighted by Gasteiger charge is 2.10. The first kappa shape index (κ1) is 14.5. The minimum atomic E-state index is -0.488. The zero-order valence-corrected chi connectivity index (χ0v) is 10.3. The Morgan fingerprint density at radius 1 is 1.53 bits per heavy atom. The number of nitrogens with one attached hydrogen (secondary N) is 2. The van der Waals surface area contributed by atoms with Crippen molar-refractivity contribution in [3.8, 4) is 11.3 Å². The first-order valence-corrected chi connectivity index (χ1v) is 4.87. The number of oxazole rings is 1. The van der Waals surface area contributed by atoms with Gasteiger partial charge in [0.25, 0.3) is 5.69 Å². The summed E-state index contributed by atoms with van der Waals surface area (Å²) in [4.78, 5) is 14.2. The van der Waals surface area contributed by atoms with E-state index in [9.17, 15) is 10.1 Å². The normalized spacial score (nSPS) is 9.47. The van der Waals surface area contributed by atoms with E-state index in [0.717, 1.165) is 0 Å². The van der Waals surface area contributed by atoms with E-state index in [1.54, 1.807) is 12.1 Å². The van der Waals surface area contributed by atoms with Gasteiger partial charge in [-0.15, -0.1) is 12.4 Å². The third-order valence-corrected chi connectivity index (χ3v) is 2.10. The van der Waals surface area contributed by atoms with Crippen LogP contribution < -0.4 is 11.1 Å². The van der Waals surface area contributed by atoms with Crippen LogP contribution in [0.3, 0.4) is 0 Å². The molecule has 1 aromatic heterocycles. The molecule has 0 radical (unpaired) electrons. The van der Waals surface area contributed by atoms with Crippen LogP contribution in [0.1, 0.15) is 0 Å². The molecule has 1 aromatic carbocycles. The average molecular weight is 284 g/mol. The fraction of sp³-hybridized carbons (Fsp3) is 0. The van der Waals surface area contributed by atoms with Crippen molar-refractivity contribution in [2.75, 3.05) is 5.32 Å². The molecule has 0 aliphatic carbocycles. The molecule has 0 aliphatic rings. The lowest BCUT2D eigenvalue weighted by Crippen LogP contribution is -2.20. The van der Waals surface area contributed by atoms with Crippen LogP contribution in [0, 0.1) is 15.5 Å². The van der Waals surface area contributed by atoms with E-state index in [1.807, 2.05) is 0 Å². The summed E-state index contributed by atoms with van der Waals surface area (Å²) in [5, 5.41) is 20.0. The molecule has 0 saturated heterocycles. The average Bonchev–Trinajstić information content (AvgIpc) is 2.77. The molecule has 0 bridgehead atoms. The van der Waals surface area contributed by atoms with Crippen molar-refractivity contribution in [3.63, 3.8) is 0 Å². The summed E-state index contributed by atoms with van der Waals surface area (Å²) in [5.41, 5.74) is 6.05. The van der Waals surface area contributed by atoms with Crippen molar-refractivity contribution in [1.82, 2.24) is 4.98 Å². The van der Waals surface area contributed by atoms with E-state index >= 15 is 0 Å². The lowest BCUT2D eigenvalue weighted by Gasteiger charge is -1.96. The number of nitro groups is 1. The van der Waals surface area contributed by atoms with Crippen molar-refractivity contribution in [2.45, 2.75) is 0 Å². The molecule has 2 rings (SSSR count). The zero-order chi connectivity index (χ0) is 13.1. The third kappa shape index (κ3) is 3.42. The topological polar surface area (TPSA) is 131 Å². The van der Waals surface area contributed by atoms with Crippen LogP contribution in [0.5, 0.6) is 0 Å². The summed E-state index contributed by atoms with van der Waals surface area (Å²) in [6.45, 7) is 0. The SMILES string of the molecule is Cl.N=C(N)Nc1nc(-c2cccc([N+](=O)[O-])c2)co1. The molecule has 1 heterocycles. The Morgan fingerprint density at radius 3 is 2.89 bits per heavy atom. The lowest BCUT2D eigenvalue weighted by molar-refractivity contribution is -0.384. The van der Waals surface area contributed by atoms with Gasteiger partial charge in [-0.2, -0.15) is 4.98 Å². The first-order valence-electron chi connectivity index (χ1n) is 4.87. The number of aromatic nitrogens is 1. The molecule has 0 saturated carbocycles. The predicted octanol–water partition coefficient (Wildman–Crippen LogP) is 1.98. The molecule has 19 heavy (non-hydrogen) atoms. The van der Waals surface area contributed by atoms with Gasteiger partial charge in [0.1, 0.15) is 12.0 Å². The van der Waals surface area contributed by atoms with Crippen molar-refractivity contribution >= 4 is 30.1 Å². The second kappa shape index (κ2) is 5.83. The van der Waals surface area contributed by atoms with Gasteiger partial charge in [-0.1, -0.05) is 12.1 Å². The molecule has 0 aliphatic heterocycles. The van der Waals surface area contributed by atoms with E-state index in [4.69, 9.17) is 15.6 Å². The molecular formula is C10H10ClN5O3. The molecule has 0 amide bonds. The van der Waals surface area contributed by atoms with Gasteiger partial charge in [-0.05, 0) is 0 Å². The van der Waals surface area contributed by atoms with Crippen LogP contribution >= 0.6 is 12.4 Å². The van der Waals surface area contributed by atoms with Crippen molar-refractivity contribution in [2.24, 2.45) is 5.73 Å². The number of nitrogens with zero attached hydrogens (tertiary/aromatic N) is 2. The Labute approximate surface area is 113 Å². The van der Waals surface area contributed by atoms with Gasteiger partial charge < -0.3 is 10.2 Å². The van der Waals surface area contributed by atoms with E-state index < -0.39 is 4.92 Å². The number of guanidine groups is 1. The number of nitrogens with two attached hydrogens (primary N) is 1. The summed E-state index contributed by atoms with van der Waals surface area (Å²) < 4.78 is 5.02. The minimum Gasteiger partial charge on any atom is -0.431 e. The van der Waals surface area contributed by atoms with Gasteiger partial charge in [0, 0.05) is 17.7 Å². The van der Waals surface area contributed by atoms with E-state index in [0.29, 0.717) is 11.3 Å². The maximum Gasteiger partial charge on any atom is 0.301 e. The summed E-state index contributed by atoms with van der Waals surface area (Å²) in [7, 11) is 0. The Bertz CT molecular complexity index is 613. The van der Waals surface area contributed by atoms with E-state index in [1.165, 1.54) is 18.4 Å². The van der Waals surface area contributed by atoms with Crippen LogP contribution in [0.4, 0.5) is 11.7 Å². The van der Waals surface area contributed by atoms with Gasteiger partial charge in [0.05, 0.1) is 4.92 Å². The number of hydrogen-bond donors (Lipinski definition) is 3. The van der Waals surface area contributed by atoms with Gasteiger partial charge in [-0.3, -0.25) is 20.8 Å². The van der Waals surface area contributed by atoms with Gasteiger partial charge in [-0.25, -0.2) is 0 Å². The minimum absolute atomic E-state index is 0. The number of non-ortho nitro benzene ring substituents is 1. The third-order valence-electron chi connectivity index (χ3n) is 2.10. The van der Waals surface area contributed by atoms with Crippen LogP contribution in [-0.2, 0) is 0 Å². The number of anilines is 1. The Hall–Kier alpha value is -2.61. The highest BCUT2D eigenvalue weighted by Crippen LogP contribution is 2.24. The van der Waals surface area contributed by atoms with E-state index in [-0.39, 0.29) is 30.1 Å². The maximum atomic E-state index is 10.6. The smallest absolute Gasteiger partial charge is 0.301 e. The van der Waals surface area contributed by atoms with Gasteiger partial charge in [0.2, 0.25) is 0 Å². The highest BCUT2D eigenvalue weighted by atomic mass is 35.5. The number of hydrogen-bond acceptors (Lipinski definition) is 5. The quantitative estimate of drug-likeness (QED) is 0.341. The van der Waals surface area contributed by atoms with Crippen LogP contribution in [0.2, 0.25) is 0 Å². The fourth-order valence-corrected chi connectivity index (χ4v) is 1.36. The number of halogens is 1. The molecule has 100 valence electrons. The number of nitro benzene ring substituents is 1. The summed E-state index contributed by atoms with van der Waals surface area (Å²) in [5.74, 6) is -0.303. The summed E-state index contributed by atoms with van der Waals surface area (Å²) >= 11 is 0. The van der Waals surface area contributed by atoms with Crippen LogP contribution in [0.15, 0.2) is 34.9 Å². The molecule has 9 heteroatoms. The molecule has 2 aromatic rings. The van der Waals surface area contributed by atoms with Crippen LogP contribution in [0.25, 0.3) is 11.3 Å². The number of rotatable bonds is 3. The lowest BCUT2D eigenvalue weighted by atomic mass is 10.1. The second-order valence-electron chi connectivity index (χ2n) is 3.38. The van der Waals surface area contributed by atoms with Crippen LogP contribution in [-0.4, -0.2) is 15.9 Å². The summed E-state index contributed by atoms with van der Waals surface area (Å²) in [6.07, 6.45) is 1.32. The fourth-order valence-electron chi connectivity index (χ4n) is 1.36. The maximum absolute atomic E-state index is 10.6. The van der Waals surface area contributed by atoms with Gasteiger partial charge in [0.15, 0.2) is 5.96 Å². The Kier molecular flexibility index (Phi) is 4.43. The molecule has 8 nitrogen and oxygen atoms in total. The van der Waals surface area contributed by atoms with E-state index in [2.05, 4.69) is 10.3 Å². The molecule has 4 N–H and O–H groups in total. The van der Waals surface area contributed by atoms with Crippen molar-refractivity contribution in [3.05, 3.63) is 40.6 Å². The monoisotopic (exact) mass is 283 g/mol. The second-order valence-corrected chi connectivity index (χ2v) is 3.38. The largest absolute Gasteiger partial charge is 0.431 e. The first-order chi connectivity index (χ1) is 8.56.